The van der Waals surface area contributed by atoms with Gasteiger partial charge in [-0.3, -0.25) is 0 Å². The topological polar surface area (TPSA) is 55.3 Å². The Morgan fingerprint density at radius 2 is 1.93 bits per heavy atom. The standard InChI is InChI=1S/C20H24ClN3O2S/c1-4-11-24(12-5-2)17-15-13(3)16(27-18(15)23-20(21)22-17)19(25)26-14-9-7-6-8-10-14/h4-5,14H,1-2,6-12H2,3H3. The Kier molecular flexibility index (Phi) is 6.50. The Hall–Kier alpha value is -1.92. The van der Waals surface area contributed by atoms with Gasteiger partial charge in [0.15, 0.2) is 0 Å². The van der Waals surface area contributed by atoms with Crippen LogP contribution < -0.4 is 4.90 Å². The molecule has 0 atom stereocenters. The van der Waals surface area contributed by atoms with E-state index in [0.717, 1.165) is 36.6 Å². The van der Waals surface area contributed by atoms with Gasteiger partial charge in [-0.05, 0) is 49.8 Å². The van der Waals surface area contributed by atoms with Gasteiger partial charge in [0.05, 0.1) is 5.39 Å². The number of anilines is 1. The zero-order valence-corrected chi connectivity index (χ0v) is 17.1. The van der Waals surface area contributed by atoms with Gasteiger partial charge in [0.2, 0.25) is 5.28 Å². The number of hydrogen-bond acceptors (Lipinski definition) is 6. The van der Waals surface area contributed by atoms with Crippen LogP contribution in [0.15, 0.2) is 25.3 Å². The average Bonchev–Trinajstić information content (AvgIpc) is 2.98. The van der Waals surface area contributed by atoms with Crippen molar-refractivity contribution in [2.24, 2.45) is 0 Å². The number of aryl methyl sites for hydroxylation is 1. The Morgan fingerprint density at radius 1 is 1.26 bits per heavy atom. The van der Waals surface area contributed by atoms with Crippen LogP contribution in [0.5, 0.6) is 0 Å². The van der Waals surface area contributed by atoms with E-state index in [9.17, 15) is 4.79 Å². The van der Waals surface area contributed by atoms with E-state index in [0.29, 0.717) is 28.6 Å². The molecule has 2 aromatic heterocycles. The Balaban J connectivity index is 1.99. The second-order valence-electron chi connectivity index (χ2n) is 6.70. The Bertz CT molecular complexity index is 849. The monoisotopic (exact) mass is 405 g/mol. The highest BCUT2D eigenvalue weighted by atomic mass is 35.5. The number of nitrogens with zero attached hydrogens (tertiary/aromatic N) is 3. The molecular formula is C20H24ClN3O2S. The van der Waals surface area contributed by atoms with E-state index in [1.165, 1.54) is 17.8 Å². The number of halogens is 1. The zero-order valence-electron chi connectivity index (χ0n) is 15.5. The van der Waals surface area contributed by atoms with Gasteiger partial charge in [0.25, 0.3) is 0 Å². The number of carbonyl (C=O) groups is 1. The fraction of sp³-hybridized carbons (Fsp3) is 0.450. The van der Waals surface area contributed by atoms with Gasteiger partial charge in [0.1, 0.15) is 21.6 Å². The van der Waals surface area contributed by atoms with Crippen LogP contribution in [-0.2, 0) is 4.74 Å². The van der Waals surface area contributed by atoms with Crippen LogP contribution in [0.4, 0.5) is 5.82 Å². The van der Waals surface area contributed by atoms with E-state index in [2.05, 4.69) is 23.1 Å². The number of thiophene rings is 1. The first-order chi connectivity index (χ1) is 13.0. The number of aromatic nitrogens is 2. The largest absolute Gasteiger partial charge is 0.458 e. The zero-order chi connectivity index (χ0) is 19.4. The first-order valence-electron chi connectivity index (χ1n) is 9.19. The highest BCUT2D eigenvalue weighted by molar-refractivity contribution is 7.20. The lowest BCUT2D eigenvalue weighted by molar-refractivity contribution is 0.0216. The summed E-state index contributed by atoms with van der Waals surface area (Å²) < 4.78 is 5.76. The Labute approximate surface area is 168 Å². The number of hydrogen-bond donors (Lipinski definition) is 0. The van der Waals surface area contributed by atoms with Crippen LogP contribution in [0.2, 0.25) is 5.28 Å². The van der Waals surface area contributed by atoms with E-state index in [-0.39, 0.29) is 17.4 Å². The molecule has 5 nitrogen and oxygen atoms in total. The maximum Gasteiger partial charge on any atom is 0.348 e. The molecule has 1 saturated carbocycles. The second-order valence-corrected chi connectivity index (χ2v) is 8.04. The van der Waals surface area contributed by atoms with Crippen molar-refractivity contribution in [3.63, 3.8) is 0 Å². The minimum atomic E-state index is -0.275. The molecule has 144 valence electrons. The summed E-state index contributed by atoms with van der Waals surface area (Å²) in [5, 5.41) is 0.993. The second kappa shape index (κ2) is 8.85. The number of esters is 1. The number of carbonyl (C=O) groups excluding carboxylic acids is 1. The molecule has 1 aliphatic carbocycles. The third-order valence-corrected chi connectivity index (χ3v) is 6.09. The third kappa shape index (κ3) is 4.33. The molecule has 27 heavy (non-hydrogen) atoms. The van der Waals surface area contributed by atoms with Crippen LogP contribution in [0.1, 0.15) is 47.3 Å². The van der Waals surface area contributed by atoms with Crippen molar-refractivity contribution in [3.8, 4) is 0 Å². The molecule has 0 saturated heterocycles. The molecule has 0 aliphatic heterocycles. The molecule has 0 N–H and O–H groups in total. The van der Waals surface area contributed by atoms with E-state index < -0.39 is 0 Å². The number of ether oxygens (including phenoxy) is 1. The van der Waals surface area contributed by atoms with Crippen LogP contribution in [0, 0.1) is 6.92 Å². The molecule has 0 bridgehead atoms. The molecule has 1 fully saturated rings. The molecule has 0 spiro atoms. The van der Waals surface area contributed by atoms with E-state index in [4.69, 9.17) is 16.3 Å². The summed E-state index contributed by atoms with van der Waals surface area (Å²) in [6.45, 7) is 10.7. The fourth-order valence-corrected chi connectivity index (χ4v) is 4.74. The van der Waals surface area contributed by atoms with Crippen molar-refractivity contribution >= 4 is 44.9 Å². The first kappa shape index (κ1) is 19.8. The summed E-state index contributed by atoms with van der Waals surface area (Å²) in [6, 6.07) is 0. The van der Waals surface area contributed by atoms with Crippen molar-refractivity contribution in [3.05, 3.63) is 41.0 Å². The minimum Gasteiger partial charge on any atom is -0.458 e. The molecule has 0 aromatic carbocycles. The van der Waals surface area contributed by atoms with E-state index in [1.807, 2.05) is 11.8 Å². The smallest absolute Gasteiger partial charge is 0.348 e. The van der Waals surface area contributed by atoms with Crippen molar-refractivity contribution in [2.45, 2.75) is 45.1 Å². The normalized spacial score (nSPS) is 14.9. The summed E-state index contributed by atoms with van der Waals surface area (Å²) in [6.07, 6.45) is 8.95. The number of rotatable bonds is 7. The summed E-state index contributed by atoms with van der Waals surface area (Å²) in [4.78, 5) is 24.8. The number of fused-ring (bicyclic) bond motifs is 1. The Morgan fingerprint density at radius 3 is 2.56 bits per heavy atom. The quantitative estimate of drug-likeness (QED) is 0.354. The van der Waals surface area contributed by atoms with Crippen LogP contribution in [-0.4, -0.2) is 35.1 Å². The lowest BCUT2D eigenvalue weighted by Crippen LogP contribution is -2.24. The molecule has 1 aliphatic rings. The third-order valence-electron chi connectivity index (χ3n) is 4.75. The van der Waals surface area contributed by atoms with Gasteiger partial charge < -0.3 is 9.64 Å². The SMILES string of the molecule is C=CCN(CC=C)c1nc(Cl)nc2sc(C(=O)OC3CCCCC3)c(C)c12. The summed E-state index contributed by atoms with van der Waals surface area (Å²) in [5.41, 5.74) is 0.834. The van der Waals surface area contributed by atoms with Crippen molar-refractivity contribution < 1.29 is 9.53 Å². The van der Waals surface area contributed by atoms with E-state index >= 15 is 0 Å². The van der Waals surface area contributed by atoms with Gasteiger partial charge in [-0.2, -0.15) is 4.98 Å². The molecular weight excluding hydrogens is 382 g/mol. The molecule has 3 rings (SSSR count). The fourth-order valence-electron chi connectivity index (χ4n) is 3.46. The molecule has 2 heterocycles. The molecule has 0 radical (unpaired) electrons. The molecule has 0 unspecified atom stereocenters. The minimum absolute atomic E-state index is 0.0167. The summed E-state index contributed by atoms with van der Waals surface area (Å²) >= 11 is 7.47. The van der Waals surface area contributed by atoms with E-state index in [1.54, 1.807) is 12.2 Å². The highest BCUT2D eigenvalue weighted by Gasteiger charge is 2.25. The lowest BCUT2D eigenvalue weighted by Gasteiger charge is -2.22. The predicted octanol–water partition coefficient (Wildman–Crippen LogP) is 5.32. The van der Waals surface area contributed by atoms with Gasteiger partial charge in [-0.15, -0.1) is 24.5 Å². The van der Waals surface area contributed by atoms with Crippen LogP contribution in [0.25, 0.3) is 10.2 Å². The van der Waals surface area contributed by atoms with Gasteiger partial charge in [-0.25, -0.2) is 9.78 Å². The maximum absolute atomic E-state index is 12.8. The van der Waals surface area contributed by atoms with Crippen molar-refractivity contribution in [2.75, 3.05) is 18.0 Å². The maximum atomic E-state index is 12.8. The van der Waals surface area contributed by atoms with Gasteiger partial charge >= 0.3 is 5.97 Å². The van der Waals surface area contributed by atoms with Gasteiger partial charge in [0, 0.05) is 13.1 Å². The molecule has 7 heteroatoms. The highest BCUT2D eigenvalue weighted by Crippen LogP contribution is 2.37. The summed E-state index contributed by atoms with van der Waals surface area (Å²) in [7, 11) is 0. The van der Waals surface area contributed by atoms with Crippen LogP contribution >= 0.6 is 22.9 Å². The van der Waals surface area contributed by atoms with Crippen LogP contribution in [0.3, 0.4) is 0 Å². The lowest BCUT2D eigenvalue weighted by atomic mass is 9.98. The summed E-state index contributed by atoms with van der Waals surface area (Å²) in [5.74, 6) is 0.415. The predicted molar refractivity (Wildman–Crippen MR) is 112 cm³/mol. The molecule has 2 aromatic rings. The molecule has 0 amide bonds. The average molecular weight is 406 g/mol. The van der Waals surface area contributed by atoms with Gasteiger partial charge in [-0.1, -0.05) is 18.6 Å². The van der Waals surface area contributed by atoms with Crippen molar-refractivity contribution in [1.29, 1.82) is 0 Å². The first-order valence-corrected chi connectivity index (χ1v) is 10.4. The van der Waals surface area contributed by atoms with Crippen molar-refractivity contribution in [1.82, 2.24) is 9.97 Å².